The molecule has 0 radical (unpaired) electrons. The van der Waals surface area contributed by atoms with Gasteiger partial charge < -0.3 is 10.6 Å². The van der Waals surface area contributed by atoms with E-state index in [1.54, 1.807) is 24.3 Å². The third-order valence-electron chi connectivity index (χ3n) is 3.15. The quantitative estimate of drug-likeness (QED) is 0.446. The van der Waals surface area contributed by atoms with Gasteiger partial charge in [-0.1, -0.05) is 18.2 Å². The van der Waals surface area contributed by atoms with Gasteiger partial charge in [0.2, 0.25) is 0 Å². The molecule has 2 rings (SSSR count). The van der Waals surface area contributed by atoms with Crippen molar-refractivity contribution < 1.29 is 13.4 Å². The number of anilines is 1. The van der Waals surface area contributed by atoms with Gasteiger partial charge in [-0.15, -0.1) is 0 Å². The minimum Gasteiger partial charge on any atom is -0.359 e. The van der Waals surface area contributed by atoms with Crippen LogP contribution in [-0.2, 0) is 10.0 Å². The molecule has 1 aromatic carbocycles. The van der Waals surface area contributed by atoms with Crippen LogP contribution in [0.2, 0.25) is 0 Å². The lowest BCUT2D eigenvalue weighted by Gasteiger charge is -2.11. The lowest BCUT2D eigenvalue weighted by atomic mass is 10.3. The van der Waals surface area contributed by atoms with Gasteiger partial charge in [-0.3, -0.25) is 4.99 Å². The Morgan fingerprint density at radius 3 is 2.87 bits per heavy atom. The Kier molecular flexibility index (Phi) is 5.73. The molecule has 1 aliphatic rings. The summed E-state index contributed by atoms with van der Waals surface area (Å²) in [6, 6.07) is 6.53. The zero-order chi connectivity index (χ0) is 16.9. The third-order valence-corrected chi connectivity index (χ3v) is 4.79. The second kappa shape index (κ2) is 7.56. The number of benzene rings is 1. The van der Waals surface area contributed by atoms with Crippen LogP contribution < -0.4 is 20.3 Å². The lowest BCUT2D eigenvalue weighted by molar-refractivity contribution is -0.448. The number of sulfonamides is 1. The highest BCUT2D eigenvalue weighted by atomic mass is 32.2. The molecule has 0 bridgehead atoms. The molecule has 0 fully saturated rings. The van der Waals surface area contributed by atoms with Gasteiger partial charge in [-0.25, -0.2) is 0 Å². The van der Waals surface area contributed by atoms with E-state index in [2.05, 4.69) is 26.9 Å². The standard InChI is InChI=1S/C15H20N4O2S2/c1-11(2)10-17-15(22)18-12-5-3-6-13(9-12)23(20,21)19-14-7-4-8-16-14/h3,5-6,9H,1,4,7-8,10H2,2H3,(H,16,19)(H2,17,18,22)/p+1. The average molecular weight is 353 g/mol. The number of hydrogen-bond donors (Lipinski definition) is 4. The summed E-state index contributed by atoms with van der Waals surface area (Å²) in [5.74, 6) is 0.641. The predicted molar refractivity (Wildman–Crippen MR) is 95.9 cm³/mol. The minimum atomic E-state index is -3.60. The molecule has 0 unspecified atom stereocenters. The van der Waals surface area contributed by atoms with E-state index in [1.165, 1.54) is 0 Å². The van der Waals surface area contributed by atoms with Gasteiger partial charge in [-0.05, 0) is 43.8 Å². The van der Waals surface area contributed by atoms with E-state index >= 15 is 0 Å². The molecule has 0 aliphatic carbocycles. The van der Waals surface area contributed by atoms with Crippen molar-refractivity contribution in [3.63, 3.8) is 0 Å². The summed E-state index contributed by atoms with van der Waals surface area (Å²) in [5.41, 5.74) is 1.56. The Balaban J connectivity index is 2.06. The topological polar surface area (TPSA) is 84.2 Å². The number of hydrogen-bond acceptors (Lipinski definition) is 3. The van der Waals surface area contributed by atoms with Crippen molar-refractivity contribution in [2.24, 2.45) is 0 Å². The molecule has 6 nitrogen and oxygen atoms in total. The average Bonchev–Trinajstić information content (AvgIpc) is 2.97. The van der Waals surface area contributed by atoms with E-state index in [9.17, 15) is 8.42 Å². The Morgan fingerprint density at radius 1 is 1.43 bits per heavy atom. The van der Waals surface area contributed by atoms with Crippen LogP contribution in [0.3, 0.4) is 0 Å². The molecule has 1 aliphatic heterocycles. The van der Waals surface area contributed by atoms with Crippen molar-refractivity contribution in [3.05, 3.63) is 36.4 Å². The highest BCUT2D eigenvalue weighted by Crippen LogP contribution is 2.15. The minimum absolute atomic E-state index is 0.186. The molecule has 0 aromatic heterocycles. The molecule has 0 saturated heterocycles. The van der Waals surface area contributed by atoms with Gasteiger partial charge in [0.25, 0.3) is 5.84 Å². The third kappa shape index (κ3) is 5.33. The Bertz CT molecular complexity index is 742. The summed E-state index contributed by atoms with van der Waals surface area (Å²) in [7, 11) is -3.60. The molecule has 0 saturated carbocycles. The molecule has 0 atom stereocenters. The number of rotatable bonds is 5. The molecular formula is C15H21N4O2S2+. The summed E-state index contributed by atoms with van der Waals surface area (Å²) in [4.78, 5) is 3.21. The van der Waals surface area contributed by atoms with E-state index in [1.807, 2.05) is 6.92 Å². The van der Waals surface area contributed by atoms with E-state index in [-0.39, 0.29) is 4.90 Å². The van der Waals surface area contributed by atoms with Crippen LogP contribution in [0.25, 0.3) is 0 Å². The van der Waals surface area contributed by atoms with E-state index < -0.39 is 10.0 Å². The van der Waals surface area contributed by atoms with Crippen molar-refractivity contribution in [1.82, 2.24) is 10.0 Å². The molecular weight excluding hydrogens is 332 g/mol. The van der Waals surface area contributed by atoms with Crippen LogP contribution in [0.15, 0.2) is 41.3 Å². The Labute approximate surface area is 142 Å². The molecule has 0 spiro atoms. The second-order valence-corrected chi connectivity index (χ2v) is 7.50. The normalized spacial score (nSPS) is 14.0. The molecule has 0 amide bonds. The van der Waals surface area contributed by atoms with Gasteiger partial charge >= 0.3 is 10.0 Å². The SMILES string of the molecule is C=C(C)CNC(=S)Nc1cccc(S(=O)(=O)NC2=[NH+]CCC2)c1. The highest BCUT2D eigenvalue weighted by Gasteiger charge is 2.24. The number of nitrogens with one attached hydrogen (secondary N) is 4. The van der Waals surface area contributed by atoms with Crippen LogP contribution in [0.1, 0.15) is 19.8 Å². The van der Waals surface area contributed by atoms with Gasteiger partial charge in [-0.2, -0.15) is 13.1 Å². The van der Waals surface area contributed by atoms with Crippen LogP contribution in [-0.4, -0.2) is 32.5 Å². The summed E-state index contributed by atoms with van der Waals surface area (Å²) in [5, 5.41) is 6.38. The monoisotopic (exact) mass is 353 g/mol. The maximum atomic E-state index is 12.4. The summed E-state index contributed by atoms with van der Waals surface area (Å²) < 4.78 is 27.3. The van der Waals surface area contributed by atoms with Crippen molar-refractivity contribution in [2.45, 2.75) is 24.7 Å². The zero-order valence-electron chi connectivity index (χ0n) is 13.0. The first-order valence-electron chi connectivity index (χ1n) is 7.28. The fraction of sp³-hybridized carbons (Fsp3) is 0.333. The lowest BCUT2D eigenvalue weighted by Crippen LogP contribution is -2.72. The smallest absolute Gasteiger partial charge is 0.328 e. The fourth-order valence-corrected chi connectivity index (χ4v) is 3.39. The molecule has 124 valence electrons. The molecule has 1 aromatic rings. The Morgan fingerprint density at radius 2 is 2.22 bits per heavy atom. The highest BCUT2D eigenvalue weighted by molar-refractivity contribution is 7.90. The van der Waals surface area contributed by atoms with Crippen LogP contribution >= 0.6 is 12.2 Å². The predicted octanol–water partition coefficient (Wildman–Crippen LogP) is 0.100. The van der Waals surface area contributed by atoms with Crippen LogP contribution in [0, 0.1) is 0 Å². The molecule has 23 heavy (non-hydrogen) atoms. The molecule has 8 heteroatoms. The van der Waals surface area contributed by atoms with Gasteiger partial charge in [0, 0.05) is 12.2 Å². The van der Waals surface area contributed by atoms with Gasteiger partial charge in [0.1, 0.15) is 4.90 Å². The fourth-order valence-electron chi connectivity index (χ4n) is 2.05. The van der Waals surface area contributed by atoms with E-state index in [0.717, 1.165) is 18.5 Å². The maximum absolute atomic E-state index is 12.4. The molecule has 1 heterocycles. The second-order valence-electron chi connectivity index (χ2n) is 5.41. The maximum Gasteiger partial charge on any atom is 0.328 e. The first-order valence-corrected chi connectivity index (χ1v) is 9.18. The van der Waals surface area contributed by atoms with Crippen LogP contribution in [0.4, 0.5) is 5.69 Å². The largest absolute Gasteiger partial charge is 0.359 e. The number of amidine groups is 1. The Hall–Kier alpha value is -1.93. The summed E-state index contributed by atoms with van der Waals surface area (Å²) in [6.45, 7) is 7.03. The van der Waals surface area contributed by atoms with E-state index in [4.69, 9.17) is 12.2 Å². The van der Waals surface area contributed by atoms with Crippen molar-refractivity contribution in [2.75, 3.05) is 18.4 Å². The summed E-state index contributed by atoms with van der Waals surface area (Å²) >= 11 is 5.16. The van der Waals surface area contributed by atoms with Crippen molar-refractivity contribution >= 4 is 38.9 Å². The summed E-state index contributed by atoms with van der Waals surface area (Å²) in [6.07, 6.45) is 1.65. The number of thiocarbonyl (C=S) groups is 1. The zero-order valence-corrected chi connectivity index (χ0v) is 14.6. The molecule has 4 N–H and O–H groups in total. The first-order chi connectivity index (χ1) is 10.9. The van der Waals surface area contributed by atoms with Crippen molar-refractivity contribution in [3.8, 4) is 0 Å². The van der Waals surface area contributed by atoms with Crippen molar-refractivity contribution in [1.29, 1.82) is 0 Å². The van der Waals surface area contributed by atoms with E-state index in [0.29, 0.717) is 29.6 Å². The van der Waals surface area contributed by atoms with Gasteiger partial charge in [0.15, 0.2) is 5.11 Å². The first kappa shape index (κ1) is 17.4. The van der Waals surface area contributed by atoms with Gasteiger partial charge in [0.05, 0.1) is 13.0 Å². The van der Waals surface area contributed by atoms with Crippen LogP contribution in [0.5, 0.6) is 0 Å².